The number of hydrogen-bond acceptors (Lipinski definition) is 3. The zero-order valence-electron chi connectivity index (χ0n) is 15.2. The number of nitrogens with one attached hydrogen (secondary N) is 2. The second-order valence-corrected chi connectivity index (χ2v) is 6.09. The van der Waals surface area contributed by atoms with E-state index < -0.39 is 0 Å². The molecule has 0 saturated heterocycles. The Kier molecular flexibility index (Phi) is 8.67. The zero-order chi connectivity index (χ0) is 17.3. The molecule has 3 rings (SSSR count). The van der Waals surface area contributed by atoms with Crippen molar-refractivity contribution in [3.05, 3.63) is 59.4 Å². The highest BCUT2D eigenvalue weighted by molar-refractivity contribution is 14.0. The summed E-state index contributed by atoms with van der Waals surface area (Å²) in [4.78, 5) is 8.83. The smallest absolute Gasteiger partial charge is 0.191 e. The number of pyridine rings is 1. The van der Waals surface area contributed by atoms with E-state index in [0.29, 0.717) is 0 Å². The third-order valence-corrected chi connectivity index (χ3v) is 4.20. The minimum absolute atomic E-state index is 0. The molecule has 0 atom stereocenters. The standard InChI is InChI=1S/C20H26N4O.HI/c1-2-22-20(24-12-8-17-4-3-10-21-15-17)23-11-7-16-5-6-19-18(14-16)9-13-25-19;/h3-6,10,14-15H,2,7-9,11-13H2,1H3,(H2,22,23,24);1H. The highest BCUT2D eigenvalue weighted by Gasteiger charge is 2.11. The van der Waals surface area contributed by atoms with Crippen LogP contribution in [-0.2, 0) is 19.3 Å². The van der Waals surface area contributed by atoms with Gasteiger partial charge in [0.2, 0.25) is 0 Å². The Labute approximate surface area is 172 Å². The number of fused-ring (bicyclic) bond motifs is 1. The van der Waals surface area contributed by atoms with Crippen molar-refractivity contribution in [3.8, 4) is 5.75 Å². The molecule has 0 spiro atoms. The fraction of sp³-hybridized carbons (Fsp3) is 0.400. The Bertz CT molecular complexity index is 706. The van der Waals surface area contributed by atoms with Gasteiger partial charge in [0, 0.05) is 38.4 Å². The Morgan fingerprint density at radius 3 is 2.92 bits per heavy atom. The van der Waals surface area contributed by atoms with Gasteiger partial charge in [-0.25, -0.2) is 0 Å². The lowest BCUT2D eigenvalue weighted by atomic mass is 10.1. The predicted molar refractivity (Wildman–Crippen MR) is 117 cm³/mol. The summed E-state index contributed by atoms with van der Waals surface area (Å²) in [6, 6.07) is 10.5. The lowest BCUT2D eigenvalue weighted by Gasteiger charge is -2.11. The molecular formula is C20H27IN4O. The van der Waals surface area contributed by atoms with Crippen molar-refractivity contribution in [3.63, 3.8) is 0 Å². The summed E-state index contributed by atoms with van der Waals surface area (Å²) in [6.07, 6.45) is 6.59. The van der Waals surface area contributed by atoms with Crippen LogP contribution in [0.25, 0.3) is 0 Å². The van der Waals surface area contributed by atoms with E-state index in [0.717, 1.165) is 57.2 Å². The fourth-order valence-electron chi connectivity index (χ4n) is 2.91. The number of nitrogens with zero attached hydrogens (tertiary/aromatic N) is 2. The SMILES string of the molecule is CCNC(=NCCc1ccc2c(c1)CCO2)NCCc1cccnc1.I. The Morgan fingerprint density at radius 2 is 2.12 bits per heavy atom. The van der Waals surface area contributed by atoms with E-state index in [1.54, 1.807) is 6.20 Å². The number of halogens is 1. The van der Waals surface area contributed by atoms with E-state index in [-0.39, 0.29) is 24.0 Å². The molecule has 1 aromatic carbocycles. The van der Waals surface area contributed by atoms with E-state index >= 15 is 0 Å². The molecule has 0 saturated carbocycles. The quantitative estimate of drug-likeness (QED) is 0.374. The Hall–Kier alpha value is -1.83. The maximum atomic E-state index is 5.56. The van der Waals surface area contributed by atoms with Crippen LogP contribution >= 0.6 is 24.0 Å². The average Bonchev–Trinajstić information content (AvgIpc) is 3.10. The number of benzene rings is 1. The third-order valence-electron chi connectivity index (χ3n) is 4.20. The van der Waals surface area contributed by atoms with Crippen molar-refractivity contribution in [2.45, 2.75) is 26.2 Å². The van der Waals surface area contributed by atoms with E-state index in [1.165, 1.54) is 16.7 Å². The number of ether oxygens (including phenoxy) is 1. The van der Waals surface area contributed by atoms with Gasteiger partial charge in [-0.3, -0.25) is 9.98 Å². The molecular weight excluding hydrogens is 439 g/mol. The normalized spacial score (nSPS) is 12.7. The molecule has 2 N–H and O–H groups in total. The molecule has 0 bridgehead atoms. The van der Waals surface area contributed by atoms with Gasteiger partial charge < -0.3 is 15.4 Å². The highest BCUT2D eigenvalue weighted by Crippen LogP contribution is 2.25. The molecule has 5 nitrogen and oxygen atoms in total. The summed E-state index contributed by atoms with van der Waals surface area (Å²) in [7, 11) is 0. The Balaban J connectivity index is 0.00000243. The molecule has 26 heavy (non-hydrogen) atoms. The molecule has 1 aliphatic heterocycles. The van der Waals surface area contributed by atoms with Crippen LogP contribution < -0.4 is 15.4 Å². The van der Waals surface area contributed by atoms with Crippen LogP contribution in [0.2, 0.25) is 0 Å². The molecule has 140 valence electrons. The molecule has 0 fully saturated rings. The van der Waals surface area contributed by atoms with Crippen LogP contribution in [0.5, 0.6) is 5.75 Å². The van der Waals surface area contributed by atoms with Gasteiger partial charge in [0.05, 0.1) is 6.61 Å². The monoisotopic (exact) mass is 466 g/mol. The van der Waals surface area contributed by atoms with Gasteiger partial charge in [-0.2, -0.15) is 0 Å². The molecule has 0 radical (unpaired) electrons. The van der Waals surface area contributed by atoms with Gasteiger partial charge in [-0.05, 0) is 48.6 Å². The maximum Gasteiger partial charge on any atom is 0.191 e. The molecule has 6 heteroatoms. The van der Waals surface area contributed by atoms with Gasteiger partial charge in [0.15, 0.2) is 5.96 Å². The Morgan fingerprint density at radius 1 is 1.19 bits per heavy atom. The lowest BCUT2D eigenvalue weighted by Crippen LogP contribution is -2.38. The van der Waals surface area contributed by atoms with Crippen molar-refractivity contribution >= 4 is 29.9 Å². The summed E-state index contributed by atoms with van der Waals surface area (Å²) in [5.74, 6) is 1.91. The largest absolute Gasteiger partial charge is 0.493 e. The first-order chi connectivity index (χ1) is 12.3. The number of hydrogen-bond donors (Lipinski definition) is 2. The van der Waals surface area contributed by atoms with Crippen molar-refractivity contribution in [2.24, 2.45) is 4.99 Å². The number of aliphatic imine (C=N–C) groups is 1. The van der Waals surface area contributed by atoms with E-state index in [4.69, 9.17) is 4.74 Å². The maximum absolute atomic E-state index is 5.56. The van der Waals surface area contributed by atoms with Crippen LogP contribution in [-0.4, -0.2) is 37.2 Å². The van der Waals surface area contributed by atoms with Gasteiger partial charge >= 0.3 is 0 Å². The van der Waals surface area contributed by atoms with Gasteiger partial charge in [-0.15, -0.1) is 24.0 Å². The number of aromatic nitrogens is 1. The number of rotatable bonds is 7. The molecule has 0 unspecified atom stereocenters. The highest BCUT2D eigenvalue weighted by atomic mass is 127. The molecule has 2 aromatic rings. The van der Waals surface area contributed by atoms with Crippen LogP contribution in [0.4, 0.5) is 0 Å². The average molecular weight is 466 g/mol. The van der Waals surface area contributed by atoms with E-state index in [9.17, 15) is 0 Å². The van der Waals surface area contributed by atoms with Crippen LogP contribution in [0.1, 0.15) is 23.6 Å². The first-order valence-electron chi connectivity index (χ1n) is 9.01. The van der Waals surface area contributed by atoms with Crippen molar-refractivity contribution in [2.75, 3.05) is 26.2 Å². The van der Waals surface area contributed by atoms with Crippen LogP contribution in [0, 0.1) is 0 Å². The van der Waals surface area contributed by atoms with Gasteiger partial charge in [-0.1, -0.05) is 18.2 Å². The third kappa shape index (κ3) is 6.16. The predicted octanol–water partition coefficient (Wildman–Crippen LogP) is 2.97. The summed E-state index contributed by atoms with van der Waals surface area (Å²) < 4.78 is 5.56. The topological polar surface area (TPSA) is 58.5 Å². The fourth-order valence-corrected chi connectivity index (χ4v) is 2.91. The van der Waals surface area contributed by atoms with Crippen LogP contribution in [0.3, 0.4) is 0 Å². The van der Waals surface area contributed by atoms with Crippen molar-refractivity contribution in [1.82, 2.24) is 15.6 Å². The zero-order valence-corrected chi connectivity index (χ0v) is 17.5. The van der Waals surface area contributed by atoms with E-state index in [1.807, 2.05) is 12.3 Å². The van der Waals surface area contributed by atoms with Crippen molar-refractivity contribution < 1.29 is 4.74 Å². The molecule has 1 aromatic heterocycles. The lowest BCUT2D eigenvalue weighted by molar-refractivity contribution is 0.357. The molecule has 2 heterocycles. The summed E-state index contributed by atoms with van der Waals surface area (Å²) in [5.41, 5.74) is 3.87. The minimum Gasteiger partial charge on any atom is -0.493 e. The molecule has 0 aliphatic carbocycles. The van der Waals surface area contributed by atoms with Crippen LogP contribution in [0.15, 0.2) is 47.7 Å². The van der Waals surface area contributed by atoms with Gasteiger partial charge in [0.25, 0.3) is 0 Å². The minimum atomic E-state index is 0. The van der Waals surface area contributed by atoms with Gasteiger partial charge in [0.1, 0.15) is 5.75 Å². The summed E-state index contributed by atoms with van der Waals surface area (Å²) >= 11 is 0. The second kappa shape index (κ2) is 11.0. The molecule has 1 aliphatic rings. The first kappa shape index (κ1) is 20.5. The second-order valence-electron chi connectivity index (χ2n) is 6.09. The summed E-state index contributed by atoms with van der Waals surface area (Å²) in [6.45, 7) is 5.35. The van der Waals surface area contributed by atoms with Crippen molar-refractivity contribution in [1.29, 1.82) is 0 Å². The summed E-state index contributed by atoms with van der Waals surface area (Å²) in [5, 5.41) is 6.69. The number of guanidine groups is 1. The first-order valence-corrected chi connectivity index (χ1v) is 9.01. The van der Waals surface area contributed by atoms with E-state index in [2.05, 4.69) is 51.8 Å². The molecule has 0 amide bonds.